The van der Waals surface area contributed by atoms with Gasteiger partial charge >= 0.3 is 170 Å². The minimum absolute atomic E-state index is 0.00941. The van der Waals surface area contributed by atoms with Crippen LogP contribution in [0.4, 0.5) is 0 Å². The van der Waals surface area contributed by atoms with E-state index in [0.29, 0.717) is 0 Å². The van der Waals surface area contributed by atoms with E-state index >= 15 is 0 Å². The standard InChI is InChI=1S/C20H32O5SeSi/c1-13-16(22)17(25-27(6,7)20(3,4)5)18(19(23-13)24-14(2)21)26-15-11-9-8-10-12-15/h8-13,16-19,22H,1-7H3/t13-,16-,17+,18-,19+/m1/s1. The topological polar surface area (TPSA) is 65.0 Å². The second kappa shape index (κ2) is 8.76. The van der Waals surface area contributed by atoms with Crippen LogP contribution in [0.2, 0.25) is 22.9 Å². The van der Waals surface area contributed by atoms with E-state index in [2.05, 4.69) is 46.0 Å². The van der Waals surface area contributed by atoms with Crippen molar-refractivity contribution in [1.82, 2.24) is 0 Å². The molecule has 1 heterocycles. The zero-order valence-electron chi connectivity index (χ0n) is 17.3. The Balaban J connectivity index is 2.37. The number of benzene rings is 1. The Morgan fingerprint density at radius 3 is 2.33 bits per heavy atom. The summed E-state index contributed by atoms with van der Waals surface area (Å²) in [4.78, 5) is 11.4. The number of hydrogen-bond donors (Lipinski definition) is 1. The van der Waals surface area contributed by atoms with Gasteiger partial charge in [0, 0.05) is 0 Å². The quantitative estimate of drug-likeness (QED) is 0.542. The van der Waals surface area contributed by atoms with Crippen LogP contribution in [-0.4, -0.2) is 59.0 Å². The van der Waals surface area contributed by atoms with Crippen molar-refractivity contribution in [3.63, 3.8) is 0 Å². The summed E-state index contributed by atoms with van der Waals surface area (Å²) in [5.74, 6) is -0.386. The molecule has 1 fully saturated rings. The average molecular weight is 460 g/mol. The van der Waals surface area contributed by atoms with Crippen molar-refractivity contribution >= 4 is 33.7 Å². The first-order valence-corrected chi connectivity index (χ1v) is 14.1. The van der Waals surface area contributed by atoms with Crippen LogP contribution in [0.3, 0.4) is 0 Å². The van der Waals surface area contributed by atoms with E-state index in [1.165, 1.54) is 6.92 Å². The molecule has 1 saturated heterocycles. The predicted molar refractivity (Wildman–Crippen MR) is 110 cm³/mol. The average Bonchev–Trinajstić information content (AvgIpc) is 2.55. The van der Waals surface area contributed by atoms with Crippen LogP contribution < -0.4 is 4.46 Å². The Bertz CT molecular complexity index is 631. The number of carbonyl (C=O) groups is 1. The molecule has 1 aliphatic heterocycles. The summed E-state index contributed by atoms with van der Waals surface area (Å²) in [5.41, 5.74) is 0. The fourth-order valence-electron chi connectivity index (χ4n) is 2.68. The van der Waals surface area contributed by atoms with Crippen LogP contribution in [0.5, 0.6) is 0 Å². The summed E-state index contributed by atoms with van der Waals surface area (Å²) in [5, 5.41) is 10.9. The molecule has 7 heteroatoms. The van der Waals surface area contributed by atoms with Gasteiger partial charge in [-0.05, 0) is 0 Å². The van der Waals surface area contributed by atoms with Gasteiger partial charge in [-0.3, -0.25) is 0 Å². The molecule has 1 N–H and O–H groups in total. The van der Waals surface area contributed by atoms with Crippen molar-refractivity contribution in [2.75, 3.05) is 0 Å². The number of carbonyl (C=O) groups excluding carboxylic acids is 1. The molecule has 5 nitrogen and oxygen atoms in total. The summed E-state index contributed by atoms with van der Waals surface area (Å²) >= 11 is -0.0878. The monoisotopic (exact) mass is 460 g/mol. The number of ether oxygens (including phenoxy) is 2. The fraction of sp³-hybridized carbons (Fsp3) is 0.650. The molecule has 0 aromatic heterocycles. The Morgan fingerprint density at radius 1 is 1.22 bits per heavy atom. The second-order valence-corrected chi connectivity index (χ2v) is 15.9. The Morgan fingerprint density at radius 2 is 1.81 bits per heavy atom. The Kier molecular flexibility index (Phi) is 7.33. The molecule has 5 atom stereocenters. The number of aliphatic hydroxyl groups excluding tert-OH is 1. The zero-order chi connectivity index (χ0) is 20.4. The SMILES string of the molecule is CC(=O)O[C@@H]1O[C@H](C)[C@@H](O)[C@H](O[Si](C)(C)C(C)(C)C)[C@H]1[Se]c1ccccc1. The molecule has 0 unspecified atom stereocenters. The molecule has 0 radical (unpaired) electrons. The van der Waals surface area contributed by atoms with Gasteiger partial charge in [0.2, 0.25) is 0 Å². The molecule has 27 heavy (non-hydrogen) atoms. The van der Waals surface area contributed by atoms with Crippen LogP contribution in [0.25, 0.3) is 0 Å². The van der Waals surface area contributed by atoms with Gasteiger partial charge in [0.05, 0.1) is 0 Å². The third kappa shape index (κ3) is 5.65. The van der Waals surface area contributed by atoms with Crippen LogP contribution in [-0.2, 0) is 18.7 Å². The maximum absolute atomic E-state index is 11.7. The van der Waals surface area contributed by atoms with E-state index in [9.17, 15) is 9.90 Å². The third-order valence-electron chi connectivity index (χ3n) is 5.29. The number of hydrogen-bond acceptors (Lipinski definition) is 5. The third-order valence-corrected chi connectivity index (χ3v) is 12.5. The van der Waals surface area contributed by atoms with Gasteiger partial charge in [0.15, 0.2) is 0 Å². The molecule has 1 aromatic rings. The van der Waals surface area contributed by atoms with Crippen molar-refractivity contribution in [2.24, 2.45) is 0 Å². The summed E-state index contributed by atoms with van der Waals surface area (Å²) < 4.78 is 19.2. The molecule has 1 aliphatic rings. The van der Waals surface area contributed by atoms with E-state index in [0.717, 1.165) is 4.46 Å². The number of aliphatic hydroxyl groups is 1. The van der Waals surface area contributed by atoms with Gasteiger partial charge < -0.3 is 0 Å². The normalized spacial score (nSPS) is 29.4. The molecule has 0 aliphatic carbocycles. The molecule has 1 aromatic carbocycles. The number of rotatable bonds is 5. The van der Waals surface area contributed by atoms with E-state index < -0.39 is 32.9 Å². The summed E-state index contributed by atoms with van der Waals surface area (Å²) in [6.45, 7) is 14.1. The molecule has 0 bridgehead atoms. The van der Waals surface area contributed by atoms with Crippen LogP contribution in [0.1, 0.15) is 34.6 Å². The van der Waals surface area contributed by atoms with Gasteiger partial charge in [0.25, 0.3) is 0 Å². The van der Waals surface area contributed by atoms with Crippen molar-refractivity contribution in [3.05, 3.63) is 30.3 Å². The molecule has 0 spiro atoms. The van der Waals surface area contributed by atoms with E-state index in [4.69, 9.17) is 13.9 Å². The molecule has 2 rings (SSSR count). The minimum atomic E-state index is -2.14. The van der Waals surface area contributed by atoms with Crippen molar-refractivity contribution in [1.29, 1.82) is 0 Å². The van der Waals surface area contributed by atoms with E-state index in [-0.39, 0.29) is 30.8 Å². The Labute approximate surface area is 170 Å². The van der Waals surface area contributed by atoms with Crippen molar-refractivity contribution in [2.45, 2.75) is 82.2 Å². The summed E-state index contributed by atoms with van der Waals surface area (Å²) in [6.07, 6.45) is -2.37. The van der Waals surface area contributed by atoms with Gasteiger partial charge in [-0.2, -0.15) is 0 Å². The van der Waals surface area contributed by atoms with Gasteiger partial charge in [-0.25, -0.2) is 0 Å². The first-order valence-electron chi connectivity index (χ1n) is 9.32. The summed E-state index contributed by atoms with van der Waals surface area (Å²) in [6, 6.07) is 10.1. The van der Waals surface area contributed by atoms with Crippen LogP contribution >= 0.6 is 0 Å². The first kappa shape index (κ1) is 22.6. The Hall–Kier alpha value is -0.694. The molecule has 0 saturated carbocycles. The van der Waals surface area contributed by atoms with E-state index in [1.54, 1.807) is 6.92 Å². The zero-order valence-corrected chi connectivity index (χ0v) is 20.0. The van der Waals surface area contributed by atoms with Gasteiger partial charge in [-0.15, -0.1) is 0 Å². The molecule has 152 valence electrons. The van der Waals surface area contributed by atoms with E-state index in [1.807, 2.05) is 18.2 Å². The predicted octanol–water partition coefficient (Wildman–Crippen LogP) is 2.86. The van der Waals surface area contributed by atoms with Crippen molar-refractivity contribution in [3.8, 4) is 0 Å². The molecular weight excluding hydrogens is 427 g/mol. The maximum atomic E-state index is 11.7. The van der Waals surface area contributed by atoms with Crippen molar-refractivity contribution < 1.29 is 23.8 Å². The van der Waals surface area contributed by atoms with Gasteiger partial charge in [-0.1, -0.05) is 0 Å². The second-order valence-electron chi connectivity index (χ2n) is 8.55. The summed E-state index contributed by atoms with van der Waals surface area (Å²) in [7, 11) is -2.14. The van der Waals surface area contributed by atoms with Gasteiger partial charge in [0.1, 0.15) is 0 Å². The van der Waals surface area contributed by atoms with Crippen LogP contribution in [0, 0.1) is 0 Å². The first-order chi connectivity index (χ1) is 12.4. The fourth-order valence-corrected chi connectivity index (χ4v) is 6.76. The van der Waals surface area contributed by atoms with Crippen LogP contribution in [0.15, 0.2) is 30.3 Å². The molecular formula is C20H32O5SeSi. The molecule has 0 amide bonds. The number of esters is 1.